The molecule has 2 N–H and O–H groups in total. The Kier molecular flexibility index (Phi) is 5.45. The predicted octanol–water partition coefficient (Wildman–Crippen LogP) is 2.97. The first-order chi connectivity index (χ1) is 14.4. The number of nitrogens with one attached hydrogen (secondary N) is 2. The molecule has 2 heterocycles. The number of Topliss-reactive ketones (excluding diaryl/α,β-unsaturated/α-hetero) is 2. The third kappa shape index (κ3) is 3.64. The van der Waals surface area contributed by atoms with E-state index in [0.29, 0.717) is 22.3 Å². The molecular formula is C24H28N4O2. The van der Waals surface area contributed by atoms with E-state index < -0.39 is 0 Å². The van der Waals surface area contributed by atoms with Crippen molar-refractivity contribution in [3.8, 4) is 0 Å². The number of allylic oxidation sites excluding steroid dienone is 4. The number of H-pyrrole nitrogens is 2. The van der Waals surface area contributed by atoms with Gasteiger partial charge in [-0.3, -0.25) is 9.59 Å². The number of carbonyl (C=O) groups excluding carboxylic acids is 2. The number of nitrogens with zero attached hydrogens (tertiary/aromatic N) is 2. The largest absolute Gasteiger partial charge is 0.361 e. The molecule has 0 amide bonds. The molecule has 2 aliphatic rings. The number of aromatic amines is 2. The quantitative estimate of drug-likeness (QED) is 0.726. The van der Waals surface area contributed by atoms with Gasteiger partial charge in [0.25, 0.3) is 0 Å². The molecule has 6 heteroatoms. The number of hydrogen-bond donors (Lipinski definition) is 2. The van der Waals surface area contributed by atoms with Crippen LogP contribution in [0.1, 0.15) is 43.2 Å². The molecule has 4 rings (SSSR count). The minimum Gasteiger partial charge on any atom is -0.361 e. The molecule has 2 aromatic rings. The van der Waals surface area contributed by atoms with Crippen LogP contribution in [0.15, 0.2) is 35.7 Å². The summed E-state index contributed by atoms with van der Waals surface area (Å²) in [4.78, 5) is 37.4. The summed E-state index contributed by atoms with van der Waals surface area (Å²) in [6.07, 6.45) is 12.7. The average Bonchev–Trinajstić information content (AvgIpc) is 3.30. The van der Waals surface area contributed by atoms with Crippen LogP contribution in [-0.2, 0) is 12.8 Å². The van der Waals surface area contributed by atoms with Crippen molar-refractivity contribution in [1.29, 1.82) is 0 Å². The smallest absolute Gasteiger partial charge is 0.196 e. The molecule has 0 spiro atoms. The molecule has 30 heavy (non-hydrogen) atoms. The number of aromatic nitrogens is 2. The molecule has 0 atom stereocenters. The van der Waals surface area contributed by atoms with Crippen LogP contribution in [0, 0.1) is 0 Å². The predicted molar refractivity (Wildman–Crippen MR) is 120 cm³/mol. The lowest BCUT2D eigenvalue weighted by atomic mass is 9.85. The van der Waals surface area contributed by atoms with Crippen molar-refractivity contribution in [2.24, 2.45) is 0 Å². The highest BCUT2D eigenvalue weighted by Gasteiger charge is 2.30. The first kappa shape index (κ1) is 20.3. The van der Waals surface area contributed by atoms with Gasteiger partial charge in [-0.15, -0.1) is 0 Å². The maximum Gasteiger partial charge on any atom is 0.196 e. The first-order valence-corrected chi connectivity index (χ1v) is 10.3. The van der Waals surface area contributed by atoms with Crippen LogP contribution < -0.4 is 0 Å². The van der Waals surface area contributed by atoms with Gasteiger partial charge in [-0.25, -0.2) is 0 Å². The van der Waals surface area contributed by atoms with Crippen molar-refractivity contribution in [2.45, 2.75) is 12.8 Å². The van der Waals surface area contributed by atoms with Crippen LogP contribution in [0.3, 0.4) is 0 Å². The fourth-order valence-electron chi connectivity index (χ4n) is 4.02. The SMILES string of the molecule is CN(C)CCc1c[nH]c2c1C(=O)C(=C1C=Cc3[nH]cc(CCN(C)C)c3C1=O)C=C2. The van der Waals surface area contributed by atoms with E-state index in [0.717, 1.165) is 48.4 Å². The van der Waals surface area contributed by atoms with Crippen molar-refractivity contribution in [3.63, 3.8) is 0 Å². The van der Waals surface area contributed by atoms with E-state index in [4.69, 9.17) is 0 Å². The molecule has 0 radical (unpaired) electrons. The summed E-state index contributed by atoms with van der Waals surface area (Å²) in [7, 11) is 8.06. The maximum absolute atomic E-state index is 13.4. The Bertz CT molecular complexity index is 1010. The topological polar surface area (TPSA) is 72.2 Å². The minimum absolute atomic E-state index is 0.0793. The fraction of sp³-hybridized carbons (Fsp3) is 0.333. The average molecular weight is 405 g/mol. The van der Waals surface area contributed by atoms with E-state index in [2.05, 4.69) is 19.8 Å². The van der Waals surface area contributed by atoms with E-state index in [-0.39, 0.29) is 11.6 Å². The van der Waals surface area contributed by atoms with Crippen LogP contribution in [0.25, 0.3) is 12.2 Å². The van der Waals surface area contributed by atoms with Crippen molar-refractivity contribution in [3.05, 3.63) is 69.3 Å². The number of carbonyl (C=O) groups is 2. The van der Waals surface area contributed by atoms with Crippen LogP contribution in [0.4, 0.5) is 0 Å². The summed E-state index contributed by atoms with van der Waals surface area (Å²) < 4.78 is 0. The molecule has 6 nitrogen and oxygen atoms in total. The standard InChI is InChI=1S/C24H28N4O2/c1-27(2)11-9-15-13-25-19-7-5-17(23(29)21(15)19)18-6-8-20-22(24(18)30)16(14-26-20)10-12-28(3)4/h5-8,13-14,25-26H,9-12H2,1-4H3. The zero-order chi connectivity index (χ0) is 21.4. The summed E-state index contributed by atoms with van der Waals surface area (Å²) in [6, 6.07) is 0. The second-order valence-corrected chi connectivity index (χ2v) is 8.46. The molecule has 0 saturated heterocycles. The first-order valence-electron chi connectivity index (χ1n) is 10.3. The van der Waals surface area contributed by atoms with E-state index in [9.17, 15) is 9.59 Å². The van der Waals surface area contributed by atoms with E-state index in [1.165, 1.54) is 0 Å². The monoisotopic (exact) mass is 404 g/mol. The molecule has 0 saturated carbocycles. The van der Waals surface area contributed by atoms with E-state index in [1.54, 1.807) is 12.2 Å². The fourth-order valence-corrected chi connectivity index (χ4v) is 4.02. The molecule has 0 aromatic carbocycles. The lowest BCUT2D eigenvalue weighted by Gasteiger charge is -2.17. The molecule has 0 bridgehead atoms. The summed E-state index contributed by atoms with van der Waals surface area (Å²) in [5.74, 6) is -0.159. The van der Waals surface area contributed by atoms with Gasteiger partial charge >= 0.3 is 0 Å². The van der Waals surface area contributed by atoms with Gasteiger partial charge in [0.1, 0.15) is 0 Å². The Morgan fingerprint density at radius 1 is 0.667 bits per heavy atom. The molecule has 156 valence electrons. The van der Waals surface area contributed by atoms with Gasteiger partial charge < -0.3 is 19.8 Å². The second kappa shape index (κ2) is 8.05. The third-order valence-electron chi connectivity index (χ3n) is 5.71. The minimum atomic E-state index is -0.0793. The Morgan fingerprint density at radius 3 is 1.43 bits per heavy atom. The highest BCUT2D eigenvalue weighted by atomic mass is 16.1. The van der Waals surface area contributed by atoms with Crippen LogP contribution in [0.5, 0.6) is 0 Å². The summed E-state index contributed by atoms with van der Waals surface area (Å²) in [6.45, 7) is 1.71. The zero-order valence-corrected chi connectivity index (χ0v) is 18.0. The molecular weight excluding hydrogens is 376 g/mol. The second-order valence-electron chi connectivity index (χ2n) is 8.46. The number of rotatable bonds is 6. The van der Waals surface area contributed by atoms with Gasteiger partial charge in [-0.1, -0.05) is 0 Å². The Labute approximate surface area is 177 Å². The number of ketones is 2. The maximum atomic E-state index is 13.4. The zero-order valence-electron chi connectivity index (χ0n) is 18.0. The van der Waals surface area contributed by atoms with Gasteiger partial charge in [-0.05, 0) is 76.5 Å². The summed E-state index contributed by atoms with van der Waals surface area (Å²) in [5, 5.41) is 0. The summed E-state index contributed by atoms with van der Waals surface area (Å²) >= 11 is 0. The van der Waals surface area contributed by atoms with Crippen LogP contribution in [0.2, 0.25) is 0 Å². The Morgan fingerprint density at radius 2 is 1.07 bits per heavy atom. The van der Waals surface area contributed by atoms with Gasteiger partial charge in [0.15, 0.2) is 11.6 Å². The molecule has 2 aliphatic carbocycles. The lowest BCUT2D eigenvalue weighted by molar-refractivity contribution is 0.100. The van der Waals surface area contributed by atoms with Crippen LogP contribution in [-0.4, -0.2) is 72.6 Å². The third-order valence-corrected chi connectivity index (χ3v) is 5.71. The van der Waals surface area contributed by atoms with E-state index in [1.807, 2.05) is 52.7 Å². The molecule has 0 fully saturated rings. The van der Waals surface area contributed by atoms with Crippen molar-refractivity contribution < 1.29 is 9.59 Å². The molecule has 2 aromatic heterocycles. The molecule has 0 unspecified atom stereocenters. The van der Waals surface area contributed by atoms with Crippen molar-refractivity contribution >= 4 is 23.7 Å². The lowest BCUT2D eigenvalue weighted by Crippen LogP contribution is -2.20. The van der Waals surface area contributed by atoms with Gasteiger partial charge in [-0.2, -0.15) is 0 Å². The number of likely N-dealkylation sites (N-methyl/N-ethyl adjacent to an activating group) is 2. The highest BCUT2D eigenvalue weighted by Crippen LogP contribution is 2.32. The van der Waals surface area contributed by atoms with Crippen molar-refractivity contribution in [1.82, 2.24) is 19.8 Å². The number of hydrogen-bond acceptors (Lipinski definition) is 4. The van der Waals surface area contributed by atoms with Crippen LogP contribution >= 0.6 is 0 Å². The summed E-state index contributed by atoms with van der Waals surface area (Å²) in [5.41, 5.74) is 5.95. The molecule has 0 aliphatic heterocycles. The van der Waals surface area contributed by atoms with Gasteiger partial charge in [0, 0.05) is 48.0 Å². The van der Waals surface area contributed by atoms with Gasteiger partial charge in [0.05, 0.1) is 11.1 Å². The normalized spacial score (nSPS) is 17.9. The van der Waals surface area contributed by atoms with E-state index >= 15 is 0 Å². The Hall–Kier alpha value is -2.96. The van der Waals surface area contributed by atoms with Gasteiger partial charge in [0.2, 0.25) is 0 Å². The highest BCUT2D eigenvalue weighted by molar-refractivity contribution is 6.25. The Balaban J connectivity index is 1.69. The van der Waals surface area contributed by atoms with Crippen molar-refractivity contribution in [2.75, 3.05) is 41.3 Å². The number of fused-ring (bicyclic) bond motifs is 2.